The molecule has 1 unspecified atom stereocenters. The van der Waals surface area contributed by atoms with Crippen LogP contribution >= 0.6 is 11.8 Å². The summed E-state index contributed by atoms with van der Waals surface area (Å²) in [7, 11) is 0. The van der Waals surface area contributed by atoms with E-state index in [1.165, 1.54) is 0 Å². The second-order valence-electron chi connectivity index (χ2n) is 6.88. The first-order valence-corrected chi connectivity index (χ1v) is 10.6. The normalized spacial score (nSPS) is 19.6. The lowest BCUT2D eigenvalue weighted by atomic mass is 9.95. The number of carboxylic acids is 1. The molecule has 0 radical (unpaired) electrons. The summed E-state index contributed by atoms with van der Waals surface area (Å²) >= 11 is 1.68. The lowest BCUT2D eigenvalue weighted by Crippen LogP contribution is -2.34. The molecule has 1 fully saturated rings. The topological polar surface area (TPSA) is 77.8 Å². The Bertz CT molecular complexity index is 634. The first-order chi connectivity index (χ1) is 13.0. The molecule has 1 saturated heterocycles. The molecule has 1 aromatic carbocycles. The summed E-state index contributed by atoms with van der Waals surface area (Å²) in [6.07, 6.45) is 5.36. The Kier molecular flexibility index (Phi) is 8.88. The van der Waals surface area contributed by atoms with E-state index in [0.717, 1.165) is 23.5 Å². The zero-order valence-corrected chi connectivity index (χ0v) is 16.6. The van der Waals surface area contributed by atoms with Gasteiger partial charge in [-0.1, -0.05) is 49.4 Å². The van der Waals surface area contributed by atoms with Crippen LogP contribution in [0.5, 0.6) is 0 Å². The van der Waals surface area contributed by atoms with Crippen LogP contribution in [0.2, 0.25) is 0 Å². The summed E-state index contributed by atoms with van der Waals surface area (Å²) in [6.45, 7) is 2.66. The fourth-order valence-corrected chi connectivity index (χ4v) is 4.08. The molecule has 0 aromatic heterocycles. The van der Waals surface area contributed by atoms with Crippen LogP contribution in [0.3, 0.4) is 0 Å². The molecule has 27 heavy (non-hydrogen) atoms. The molecule has 0 saturated carbocycles. The molecule has 5 nitrogen and oxygen atoms in total. The van der Waals surface area contributed by atoms with E-state index >= 15 is 0 Å². The summed E-state index contributed by atoms with van der Waals surface area (Å²) in [5.41, 5.74) is 1.09. The number of aliphatic hydroxyl groups is 1. The van der Waals surface area contributed by atoms with Crippen LogP contribution in [0, 0.1) is 0 Å². The van der Waals surface area contributed by atoms with E-state index in [1.807, 2.05) is 54.3 Å². The maximum Gasteiger partial charge on any atom is 0.303 e. The van der Waals surface area contributed by atoms with Gasteiger partial charge in [-0.2, -0.15) is 11.8 Å². The Labute approximate surface area is 165 Å². The molecule has 6 heteroatoms. The summed E-state index contributed by atoms with van der Waals surface area (Å²) in [5.74, 6) is 0.985. The molecule has 1 aromatic rings. The van der Waals surface area contributed by atoms with E-state index in [9.17, 15) is 14.7 Å². The Morgan fingerprint density at radius 2 is 2.07 bits per heavy atom. The second-order valence-corrected chi connectivity index (χ2v) is 8.10. The van der Waals surface area contributed by atoms with Gasteiger partial charge in [0, 0.05) is 31.1 Å². The molecule has 0 aliphatic carbocycles. The van der Waals surface area contributed by atoms with E-state index in [4.69, 9.17) is 5.11 Å². The van der Waals surface area contributed by atoms with E-state index < -0.39 is 12.1 Å². The third-order valence-electron chi connectivity index (χ3n) is 4.90. The van der Waals surface area contributed by atoms with Crippen molar-refractivity contribution in [2.24, 2.45) is 0 Å². The van der Waals surface area contributed by atoms with Crippen molar-refractivity contribution in [2.45, 2.75) is 50.7 Å². The Morgan fingerprint density at radius 3 is 2.78 bits per heavy atom. The number of carbonyl (C=O) groups excluding carboxylic acids is 1. The van der Waals surface area contributed by atoms with Gasteiger partial charge in [-0.3, -0.25) is 9.59 Å². The van der Waals surface area contributed by atoms with Gasteiger partial charge >= 0.3 is 5.97 Å². The van der Waals surface area contributed by atoms with E-state index in [0.29, 0.717) is 19.4 Å². The lowest BCUT2D eigenvalue weighted by Gasteiger charge is -2.23. The third kappa shape index (κ3) is 7.03. The van der Waals surface area contributed by atoms with Crippen LogP contribution in [0.25, 0.3) is 0 Å². The number of thioether (sulfide) groups is 1. The molecule has 0 spiro atoms. The van der Waals surface area contributed by atoms with Gasteiger partial charge in [0.2, 0.25) is 5.91 Å². The average Bonchev–Trinajstić information content (AvgIpc) is 3.02. The van der Waals surface area contributed by atoms with Crippen molar-refractivity contribution in [1.82, 2.24) is 4.90 Å². The number of hydrogen-bond donors (Lipinski definition) is 2. The van der Waals surface area contributed by atoms with Gasteiger partial charge in [-0.05, 0) is 24.2 Å². The molecule has 2 N–H and O–H groups in total. The third-order valence-corrected chi connectivity index (χ3v) is 5.95. The summed E-state index contributed by atoms with van der Waals surface area (Å²) in [5, 5.41) is 19.1. The fraction of sp³-hybridized carbons (Fsp3) is 0.524. The van der Waals surface area contributed by atoms with Crippen LogP contribution < -0.4 is 0 Å². The number of nitrogens with zero attached hydrogens (tertiary/aromatic N) is 1. The number of carbonyl (C=O) groups is 2. The number of carboxylic acid groups (broad SMARTS) is 1. The minimum atomic E-state index is -0.765. The molecular weight excluding hydrogens is 362 g/mol. The highest BCUT2D eigenvalue weighted by Gasteiger charge is 2.28. The number of likely N-dealkylation sites (tertiary alicyclic amines) is 1. The van der Waals surface area contributed by atoms with Crippen LogP contribution in [-0.4, -0.2) is 57.2 Å². The van der Waals surface area contributed by atoms with Gasteiger partial charge in [0.25, 0.3) is 0 Å². The number of benzene rings is 1. The van der Waals surface area contributed by atoms with Crippen molar-refractivity contribution in [3.05, 3.63) is 48.0 Å². The summed E-state index contributed by atoms with van der Waals surface area (Å²) in [4.78, 5) is 24.5. The summed E-state index contributed by atoms with van der Waals surface area (Å²) in [6, 6.07) is 9.94. The first kappa shape index (κ1) is 21.5. The van der Waals surface area contributed by atoms with Gasteiger partial charge in [-0.25, -0.2) is 0 Å². The molecule has 1 aliphatic heterocycles. The zero-order valence-electron chi connectivity index (χ0n) is 15.8. The lowest BCUT2D eigenvalue weighted by molar-refractivity contribution is -0.137. The van der Waals surface area contributed by atoms with Gasteiger partial charge in [0.05, 0.1) is 12.1 Å². The highest BCUT2D eigenvalue weighted by molar-refractivity contribution is 7.99. The second kappa shape index (κ2) is 11.1. The standard InChI is InChI=1S/C21H29NO4S/c1-16(17-6-3-2-4-7-17)19(23)11-9-18-10-12-20(24)22(18)13-15-27-14-5-8-21(25)26/h2-4,6-7,9,11,16,18-19,23H,5,8,10,12-15H2,1H3,(H,25,26)/t16-,18-,19?/m0/s1. The molecule has 2 rings (SSSR count). The first-order valence-electron chi connectivity index (χ1n) is 9.49. The average molecular weight is 392 g/mol. The molecular formula is C21H29NO4S. The molecule has 148 valence electrons. The Morgan fingerprint density at radius 1 is 1.33 bits per heavy atom. The molecule has 1 aliphatic rings. The van der Waals surface area contributed by atoms with Gasteiger partial charge in [0.1, 0.15) is 0 Å². The number of aliphatic hydroxyl groups excluding tert-OH is 1. The van der Waals surface area contributed by atoms with E-state index in [1.54, 1.807) is 11.8 Å². The molecule has 1 amide bonds. The predicted octanol–water partition coefficient (Wildman–Crippen LogP) is 3.30. The van der Waals surface area contributed by atoms with Crippen LogP contribution in [0.15, 0.2) is 42.5 Å². The van der Waals surface area contributed by atoms with Gasteiger partial charge in [-0.15, -0.1) is 0 Å². The maximum atomic E-state index is 12.1. The van der Waals surface area contributed by atoms with E-state index in [-0.39, 0.29) is 24.3 Å². The fourth-order valence-electron chi connectivity index (χ4n) is 3.20. The Balaban J connectivity index is 1.80. The van der Waals surface area contributed by atoms with Crippen molar-refractivity contribution in [2.75, 3.05) is 18.1 Å². The predicted molar refractivity (Wildman–Crippen MR) is 109 cm³/mol. The largest absolute Gasteiger partial charge is 0.481 e. The van der Waals surface area contributed by atoms with Gasteiger partial charge in [0.15, 0.2) is 0 Å². The monoisotopic (exact) mass is 391 g/mol. The van der Waals surface area contributed by atoms with Crippen LogP contribution in [0.1, 0.15) is 44.1 Å². The molecule has 1 heterocycles. The van der Waals surface area contributed by atoms with Crippen molar-refractivity contribution in [1.29, 1.82) is 0 Å². The van der Waals surface area contributed by atoms with Crippen molar-refractivity contribution in [3.63, 3.8) is 0 Å². The maximum absolute atomic E-state index is 12.1. The zero-order chi connectivity index (χ0) is 19.6. The van der Waals surface area contributed by atoms with Crippen molar-refractivity contribution < 1.29 is 19.8 Å². The Hall–Kier alpha value is -1.79. The van der Waals surface area contributed by atoms with Gasteiger partial charge < -0.3 is 15.1 Å². The number of hydrogen-bond acceptors (Lipinski definition) is 4. The number of amides is 1. The van der Waals surface area contributed by atoms with Crippen LogP contribution in [0.4, 0.5) is 0 Å². The minimum absolute atomic E-state index is 0.00204. The quantitative estimate of drug-likeness (QED) is 0.447. The minimum Gasteiger partial charge on any atom is -0.481 e. The number of aliphatic carboxylic acids is 1. The molecule has 0 bridgehead atoms. The highest BCUT2D eigenvalue weighted by Crippen LogP contribution is 2.23. The van der Waals surface area contributed by atoms with E-state index in [2.05, 4.69) is 0 Å². The van der Waals surface area contributed by atoms with Crippen molar-refractivity contribution in [3.8, 4) is 0 Å². The SMILES string of the molecule is C[C@@H](c1ccccc1)C(O)C=C[C@H]1CCC(=O)N1CCSCCCC(=O)O. The van der Waals surface area contributed by atoms with Crippen LogP contribution in [-0.2, 0) is 9.59 Å². The number of rotatable bonds is 11. The smallest absolute Gasteiger partial charge is 0.303 e. The van der Waals surface area contributed by atoms with Crippen molar-refractivity contribution >= 4 is 23.6 Å². The molecule has 3 atom stereocenters. The highest BCUT2D eigenvalue weighted by atomic mass is 32.2. The summed E-state index contributed by atoms with van der Waals surface area (Å²) < 4.78 is 0.